The highest BCUT2D eigenvalue weighted by Gasteiger charge is 2.26. The minimum Gasteiger partial charge on any atom is -0.475 e. The highest BCUT2D eigenvalue weighted by molar-refractivity contribution is 6.19. The van der Waals surface area contributed by atoms with E-state index in [-0.39, 0.29) is 17.6 Å². The van der Waals surface area contributed by atoms with E-state index in [1.807, 2.05) is 48.5 Å². The first-order valence-corrected chi connectivity index (χ1v) is 17.6. The molecule has 2 aliphatic rings. The fourth-order valence-electron chi connectivity index (χ4n) is 5.33. The van der Waals surface area contributed by atoms with Crippen LogP contribution in [0.25, 0.3) is 0 Å². The van der Waals surface area contributed by atoms with Crippen LogP contribution in [0.2, 0.25) is 0 Å². The first kappa shape index (κ1) is 40.1. The second-order valence-corrected chi connectivity index (χ2v) is 12.6. The molecule has 15 heteroatoms. The minimum atomic E-state index is -1.02. The molecule has 14 nitrogen and oxygen atoms in total. The van der Waals surface area contributed by atoms with Crippen molar-refractivity contribution in [2.45, 2.75) is 39.5 Å². The lowest BCUT2D eigenvalue weighted by Crippen LogP contribution is -2.49. The summed E-state index contributed by atoms with van der Waals surface area (Å²) >= 11 is 5.64. The molecule has 2 atom stereocenters. The Morgan fingerprint density at radius 2 is 1.02 bits per heavy atom. The Morgan fingerprint density at radius 1 is 0.604 bits per heavy atom. The van der Waals surface area contributed by atoms with E-state index in [0.29, 0.717) is 37.7 Å². The molecule has 6 rings (SSSR count). The molecule has 0 saturated carbocycles. The number of anilines is 2. The van der Waals surface area contributed by atoms with Crippen LogP contribution in [0.3, 0.4) is 0 Å². The number of esters is 1. The molecular formula is C38H45ClN4O10. The maximum absolute atomic E-state index is 12.2. The van der Waals surface area contributed by atoms with E-state index in [4.69, 9.17) is 39.8 Å². The number of benzene rings is 2. The topological polar surface area (TPSA) is 155 Å². The number of amides is 2. The standard InChI is InChI=1S/C19H22N2O5.C13H17ClN2O2.C6H6O3/c1-14-8-9-17(24-14)18(22)25-15(2)26-19(23)21-12-10-20(11-13-21)16-6-4-3-5-7-16;1-11(14)18-13(17)16-9-7-15(8-10-16)12-5-3-2-4-6-12;1-4-2-3-5(9-4)6(7)8/h3-9,15H,10-13H2,1-2H3;2-6,11H,7-10H2,1H3;2-3H,1H3,(H,7,8). The van der Waals surface area contributed by atoms with Crippen LogP contribution < -0.4 is 9.80 Å². The molecule has 284 valence electrons. The number of nitrogens with zero attached hydrogens (tertiary/aromatic N) is 4. The number of halogens is 1. The summed E-state index contributed by atoms with van der Waals surface area (Å²) in [5, 5.41) is 8.30. The Balaban J connectivity index is 0.000000200. The Morgan fingerprint density at radius 3 is 1.38 bits per heavy atom. The number of ether oxygens (including phenoxy) is 3. The van der Waals surface area contributed by atoms with E-state index in [9.17, 15) is 19.2 Å². The third kappa shape index (κ3) is 12.8. The third-order valence-electron chi connectivity index (χ3n) is 8.01. The molecular weight excluding hydrogens is 708 g/mol. The van der Waals surface area contributed by atoms with Crippen LogP contribution in [0.5, 0.6) is 0 Å². The van der Waals surface area contributed by atoms with Crippen molar-refractivity contribution in [3.05, 3.63) is 108 Å². The second-order valence-electron chi connectivity index (χ2n) is 12.0. The second kappa shape index (κ2) is 19.8. The summed E-state index contributed by atoms with van der Waals surface area (Å²) in [5.74, 6) is -0.380. The largest absolute Gasteiger partial charge is 0.475 e. The number of carbonyl (C=O) groups excluding carboxylic acids is 3. The van der Waals surface area contributed by atoms with Gasteiger partial charge in [-0.1, -0.05) is 48.0 Å². The zero-order valence-electron chi connectivity index (χ0n) is 30.2. The number of para-hydroxylation sites is 2. The van der Waals surface area contributed by atoms with Gasteiger partial charge < -0.3 is 47.8 Å². The minimum absolute atomic E-state index is 0.00694. The molecule has 2 aromatic carbocycles. The van der Waals surface area contributed by atoms with Gasteiger partial charge in [0.25, 0.3) is 0 Å². The number of rotatable bonds is 7. The lowest BCUT2D eigenvalue weighted by Gasteiger charge is -2.35. The highest BCUT2D eigenvalue weighted by atomic mass is 35.5. The monoisotopic (exact) mass is 752 g/mol. The number of carbonyl (C=O) groups is 4. The van der Waals surface area contributed by atoms with Crippen molar-refractivity contribution in [1.29, 1.82) is 0 Å². The Bertz CT molecular complexity index is 1750. The Hall–Kier alpha value is -5.63. The van der Waals surface area contributed by atoms with E-state index in [0.717, 1.165) is 31.9 Å². The molecule has 2 amide bonds. The fraction of sp³-hybridized carbons (Fsp3) is 0.368. The van der Waals surface area contributed by atoms with Gasteiger partial charge in [-0.05, 0) is 69.3 Å². The number of carboxylic acid groups (broad SMARTS) is 1. The summed E-state index contributed by atoms with van der Waals surface area (Å²) in [4.78, 5) is 53.7. The third-order valence-corrected chi connectivity index (χ3v) is 8.10. The van der Waals surface area contributed by atoms with Crippen LogP contribution in [0.15, 0.2) is 93.8 Å². The van der Waals surface area contributed by atoms with Gasteiger partial charge in [0.2, 0.25) is 17.8 Å². The van der Waals surface area contributed by atoms with Crippen LogP contribution in [-0.2, 0) is 14.2 Å². The van der Waals surface area contributed by atoms with Crippen molar-refractivity contribution < 1.29 is 47.3 Å². The number of hydrogen-bond donors (Lipinski definition) is 1. The molecule has 0 aliphatic carbocycles. The van der Waals surface area contributed by atoms with Crippen molar-refractivity contribution in [2.24, 2.45) is 0 Å². The van der Waals surface area contributed by atoms with Crippen molar-refractivity contribution in [1.82, 2.24) is 9.80 Å². The van der Waals surface area contributed by atoms with Gasteiger partial charge in [0.05, 0.1) is 0 Å². The van der Waals surface area contributed by atoms with E-state index in [2.05, 4.69) is 21.9 Å². The number of aryl methyl sites for hydroxylation is 2. The van der Waals surface area contributed by atoms with Gasteiger partial charge in [-0.3, -0.25) is 0 Å². The number of hydrogen-bond acceptors (Lipinski definition) is 11. The Labute approximate surface area is 313 Å². The number of piperazine rings is 2. The molecule has 0 bridgehead atoms. The van der Waals surface area contributed by atoms with Crippen LogP contribution in [0.1, 0.15) is 46.5 Å². The first-order chi connectivity index (χ1) is 25.4. The molecule has 0 radical (unpaired) electrons. The molecule has 4 heterocycles. The maximum Gasteiger partial charge on any atom is 0.412 e. The molecule has 2 aromatic heterocycles. The smallest absolute Gasteiger partial charge is 0.412 e. The van der Waals surface area contributed by atoms with Crippen molar-refractivity contribution >= 4 is 47.1 Å². The molecule has 2 unspecified atom stereocenters. The quantitative estimate of drug-likeness (QED) is 0.119. The van der Waals surface area contributed by atoms with Gasteiger partial charge in [0.1, 0.15) is 11.5 Å². The van der Waals surface area contributed by atoms with Gasteiger partial charge in [-0.15, -0.1) is 0 Å². The van der Waals surface area contributed by atoms with E-state index >= 15 is 0 Å². The van der Waals surface area contributed by atoms with Crippen LogP contribution in [-0.4, -0.2) is 103 Å². The van der Waals surface area contributed by atoms with E-state index in [1.165, 1.54) is 24.7 Å². The number of alkyl halides is 1. The predicted octanol–water partition coefficient (Wildman–Crippen LogP) is 6.87. The zero-order valence-corrected chi connectivity index (χ0v) is 30.9. The number of furan rings is 2. The van der Waals surface area contributed by atoms with Crippen molar-refractivity contribution in [3.8, 4) is 0 Å². The summed E-state index contributed by atoms with van der Waals surface area (Å²) in [6, 6.07) is 26.5. The first-order valence-electron chi connectivity index (χ1n) is 17.1. The zero-order chi connectivity index (χ0) is 38.3. The van der Waals surface area contributed by atoms with Gasteiger partial charge in [-0.2, -0.15) is 0 Å². The highest BCUT2D eigenvalue weighted by Crippen LogP contribution is 2.18. The lowest BCUT2D eigenvalue weighted by molar-refractivity contribution is -0.0711. The SMILES string of the molecule is CC(Cl)OC(=O)N1CCN(c2ccccc2)CC1.Cc1ccc(C(=O)O)o1.Cc1ccc(C(=O)OC(C)OC(=O)N2CCN(c3ccccc3)CC2)o1. The van der Waals surface area contributed by atoms with Gasteiger partial charge in [-0.25, -0.2) is 19.2 Å². The van der Waals surface area contributed by atoms with Gasteiger partial charge >= 0.3 is 24.1 Å². The molecule has 0 spiro atoms. The fourth-order valence-corrected chi connectivity index (χ4v) is 5.40. The van der Waals surface area contributed by atoms with Crippen LogP contribution in [0.4, 0.5) is 21.0 Å². The average molecular weight is 753 g/mol. The summed E-state index contributed by atoms with van der Waals surface area (Å²) < 4.78 is 25.2. The summed E-state index contributed by atoms with van der Waals surface area (Å²) in [7, 11) is 0. The van der Waals surface area contributed by atoms with Crippen LogP contribution in [0, 0.1) is 13.8 Å². The molecule has 2 aliphatic heterocycles. The molecule has 53 heavy (non-hydrogen) atoms. The van der Waals surface area contributed by atoms with E-state index in [1.54, 1.807) is 42.7 Å². The average Bonchev–Trinajstić information content (AvgIpc) is 3.81. The van der Waals surface area contributed by atoms with Gasteiger partial charge in [0, 0.05) is 70.7 Å². The number of aromatic carboxylic acids is 1. The molecule has 1 N–H and O–H groups in total. The van der Waals surface area contributed by atoms with Crippen molar-refractivity contribution in [3.63, 3.8) is 0 Å². The van der Waals surface area contributed by atoms with E-state index < -0.39 is 29.9 Å². The van der Waals surface area contributed by atoms with Gasteiger partial charge in [0.15, 0.2) is 5.56 Å². The molecule has 2 saturated heterocycles. The number of carboxylic acids is 1. The predicted molar refractivity (Wildman–Crippen MR) is 197 cm³/mol. The summed E-state index contributed by atoms with van der Waals surface area (Å²) in [6.45, 7) is 12.1. The Kier molecular flexibility index (Phi) is 15.0. The van der Waals surface area contributed by atoms with Crippen LogP contribution >= 0.6 is 11.6 Å². The van der Waals surface area contributed by atoms with Crippen molar-refractivity contribution in [2.75, 3.05) is 62.2 Å². The lowest BCUT2D eigenvalue weighted by atomic mass is 10.2. The maximum atomic E-state index is 12.2. The molecule has 4 aromatic rings. The summed E-state index contributed by atoms with van der Waals surface area (Å²) in [5.41, 5.74) is 1.75. The summed E-state index contributed by atoms with van der Waals surface area (Å²) in [6.07, 6.45) is -1.81. The molecule has 2 fully saturated rings. The normalized spacial score (nSPS) is 15.1.